The van der Waals surface area contributed by atoms with Gasteiger partial charge in [0, 0.05) is 18.7 Å². The Bertz CT molecular complexity index is 599. The largest absolute Gasteiger partial charge is 0.491 e. The van der Waals surface area contributed by atoms with Gasteiger partial charge >= 0.3 is 0 Å². The fourth-order valence-electron chi connectivity index (χ4n) is 2.01. The molecule has 2 aromatic carbocycles. The number of nitrogens with one attached hydrogen (secondary N) is 1. The van der Waals surface area contributed by atoms with E-state index in [-0.39, 0.29) is 6.10 Å². The lowest BCUT2D eigenvalue weighted by Gasteiger charge is -2.14. The van der Waals surface area contributed by atoms with Crippen LogP contribution in [0.5, 0.6) is 5.75 Å². The van der Waals surface area contributed by atoms with Crippen molar-refractivity contribution in [3.63, 3.8) is 0 Å². The van der Waals surface area contributed by atoms with E-state index in [1.165, 1.54) is 6.07 Å². The second-order valence-electron chi connectivity index (χ2n) is 5.13. The molecule has 4 heteroatoms. The molecular formula is C17H19F2NO. The zero-order chi connectivity index (χ0) is 15.2. The zero-order valence-corrected chi connectivity index (χ0v) is 12.2. The van der Waals surface area contributed by atoms with Gasteiger partial charge in [0.15, 0.2) is 11.6 Å². The van der Waals surface area contributed by atoms with Crippen LogP contribution < -0.4 is 10.1 Å². The fourth-order valence-corrected chi connectivity index (χ4v) is 2.01. The molecule has 0 radical (unpaired) electrons. The first kappa shape index (κ1) is 15.4. The van der Waals surface area contributed by atoms with Crippen LogP contribution in [0, 0.1) is 11.6 Å². The van der Waals surface area contributed by atoms with Crippen LogP contribution in [0.4, 0.5) is 8.78 Å². The molecule has 0 amide bonds. The number of halogens is 2. The van der Waals surface area contributed by atoms with Crippen LogP contribution in [0.25, 0.3) is 0 Å². The summed E-state index contributed by atoms with van der Waals surface area (Å²) in [4.78, 5) is 0. The van der Waals surface area contributed by atoms with Gasteiger partial charge in [-0.3, -0.25) is 0 Å². The first-order valence-electron chi connectivity index (χ1n) is 6.95. The maximum atomic E-state index is 13.1. The molecule has 2 rings (SSSR count). The van der Waals surface area contributed by atoms with Gasteiger partial charge in [-0.05, 0) is 37.6 Å². The first-order chi connectivity index (χ1) is 10.1. The lowest BCUT2D eigenvalue weighted by Crippen LogP contribution is -2.15. The van der Waals surface area contributed by atoms with Crippen LogP contribution in [0.3, 0.4) is 0 Å². The lowest BCUT2D eigenvalue weighted by molar-refractivity contribution is 0.239. The molecule has 0 saturated carbocycles. The van der Waals surface area contributed by atoms with Crippen LogP contribution in [0.15, 0.2) is 42.5 Å². The molecule has 112 valence electrons. The number of hydrogen-bond acceptors (Lipinski definition) is 2. The Kier molecular flexibility index (Phi) is 5.28. The maximum absolute atomic E-state index is 13.1. The molecule has 0 bridgehead atoms. The molecule has 0 atom stereocenters. The molecular weight excluding hydrogens is 272 g/mol. The minimum Gasteiger partial charge on any atom is -0.491 e. The molecule has 0 heterocycles. The summed E-state index contributed by atoms with van der Waals surface area (Å²) in [5.74, 6) is -0.808. The third-order valence-corrected chi connectivity index (χ3v) is 2.96. The maximum Gasteiger partial charge on any atom is 0.159 e. The Hall–Kier alpha value is -1.94. The van der Waals surface area contributed by atoms with Gasteiger partial charge in [0.25, 0.3) is 0 Å². The van der Waals surface area contributed by atoms with Crippen molar-refractivity contribution in [2.75, 3.05) is 0 Å². The van der Waals surface area contributed by atoms with Gasteiger partial charge in [-0.1, -0.05) is 24.3 Å². The lowest BCUT2D eigenvalue weighted by atomic mass is 10.1. The summed E-state index contributed by atoms with van der Waals surface area (Å²) in [7, 11) is 0. The second kappa shape index (κ2) is 7.18. The van der Waals surface area contributed by atoms with Crippen LogP contribution in [-0.2, 0) is 13.1 Å². The molecule has 0 aliphatic rings. The summed E-state index contributed by atoms with van der Waals surface area (Å²) in [6.07, 6.45) is 0.109. The number of ether oxygens (including phenoxy) is 1. The van der Waals surface area contributed by atoms with E-state index in [0.29, 0.717) is 18.7 Å². The van der Waals surface area contributed by atoms with E-state index in [9.17, 15) is 8.78 Å². The number of hydrogen-bond donors (Lipinski definition) is 1. The molecule has 1 N–H and O–H groups in total. The summed E-state index contributed by atoms with van der Waals surface area (Å²) < 4.78 is 31.7. The third kappa shape index (κ3) is 4.53. The van der Waals surface area contributed by atoms with Crippen LogP contribution in [-0.4, -0.2) is 6.10 Å². The summed E-state index contributed by atoms with van der Waals surface area (Å²) in [6, 6.07) is 11.7. The molecule has 0 spiro atoms. The molecule has 0 fully saturated rings. The van der Waals surface area contributed by atoms with Gasteiger partial charge in [-0.2, -0.15) is 0 Å². The Morgan fingerprint density at radius 2 is 1.76 bits per heavy atom. The van der Waals surface area contributed by atoms with Gasteiger partial charge in [0.1, 0.15) is 5.75 Å². The van der Waals surface area contributed by atoms with E-state index < -0.39 is 11.6 Å². The number of benzene rings is 2. The smallest absolute Gasteiger partial charge is 0.159 e. The van der Waals surface area contributed by atoms with Crippen LogP contribution in [0.1, 0.15) is 25.0 Å². The van der Waals surface area contributed by atoms with E-state index >= 15 is 0 Å². The van der Waals surface area contributed by atoms with Gasteiger partial charge in [-0.25, -0.2) is 8.78 Å². The predicted molar refractivity (Wildman–Crippen MR) is 79.1 cm³/mol. The highest BCUT2D eigenvalue weighted by Crippen LogP contribution is 2.19. The molecule has 2 aromatic rings. The first-order valence-corrected chi connectivity index (χ1v) is 6.95. The highest BCUT2D eigenvalue weighted by atomic mass is 19.2. The molecule has 0 aliphatic heterocycles. The van der Waals surface area contributed by atoms with E-state index in [1.54, 1.807) is 6.07 Å². The third-order valence-electron chi connectivity index (χ3n) is 2.96. The Labute approximate surface area is 123 Å². The second-order valence-corrected chi connectivity index (χ2v) is 5.13. The summed E-state index contributed by atoms with van der Waals surface area (Å²) in [5.41, 5.74) is 1.74. The average molecular weight is 291 g/mol. The Balaban J connectivity index is 1.95. The Morgan fingerprint density at radius 1 is 1.00 bits per heavy atom. The van der Waals surface area contributed by atoms with Crippen molar-refractivity contribution in [2.24, 2.45) is 0 Å². The van der Waals surface area contributed by atoms with Gasteiger partial charge in [0.05, 0.1) is 6.10 Å². The summed E-state index contributed by atoms with van der Waals surface area (Å²) in [6.45, 7) is 5.02. The van der Waals surface area contributed by atoms with Crippen molar-refractivity contribution >= 4 is 0 Å². The molecule has 0 aromatic heterocycles. The molecule has 0 unspecified atom stereocenters. The molecule has 21 heavy (non-hydrogen) atoms. The summed E-state index contributed by atoms with van der Waals surface area (Å²) in [5, 5.41) is 3.21. The van der Waals surface area contributed by atoms with E-state index in [2.05, 4.69) is 5.32 Å². The van der Waals surface area contributed by atoms with Crippen molar-refractivity contribution in [3.8, 4) is 5.75 Å². The highest BCUT2D eigenvalue weighted by Gasteiger charge is 2.06. The van der Waals surface area contributed by atoms with Gasteiger partial charge < -0.3 is 10.1 Å². The molecule has 0 aliphatic carbocycles. The van der Waals surface area contributed by atoms with Crippen LogP contribution >= 0.6 is 0 Å². The van der Waals surface area contributed by atoms with Gasteiger partial charge in [-0.15, -0.1) is 0 Å². The minimum absolute atomic E-state index is 0.109. The van der Waals surface area contributed by atoms with E-state index in [1.807, 2.05) is 38.1 Å². The van der Waals surface area contributed by atoms with Crippen molar-refractivity contribution < 1.29 is 13.5 Å². The number of para-hydroxylation sites is 1. The van der Waals surface area contributed by atoms with Crippen molar-refractivity contribution in [1.29, 1.82) is 0 Å². The summed E-state index contributed by atoms with van der Waals surface area (Å²) >= 11 is 0. The van der Waals surface area contributed by atoms with Gasteiger partial charge in [0.2, 0.25) is 0 Å². The number of rotatable bonds is 6. The monoisotopic (exact) mass is 291 g/mol. The fraction of sp³-hybridized carbons (Fsp3) is 0.294. The zero-order valence-electron chi connectivity index (χ0n) is 12.2. The standard InChI is InChI=1S/C17H19F2NO/c1-12(2)21-17-6-4-3-5-14(17)11-20-10-13-7-8-15(18)16(19)9-13/h3-9,12,20H,10-11H2,1-2H3. The van der Waals surface area contributed by atoms with Crippen molar-refractivity contribution in [1.82, 2.24) is 5.32 Å². The highest BCUT2D eigenvalue weighted by molar-refractivity contribution is 5.33. The van der Waals surface area contributed by atoms with E-state index in [4.69, 9.17) is 4.74 Å². The molecule has 2 nitrogen and oxygen atoms in total. The predicted octanol–water partition coefficient (Wildman–Crippen LogP) is 4.04. The Morgan fingerprint density at radius 3 is 2.48 bits per heavy atom. The normalized spacial score (nSPS) is 10.9. The SMILES string of the molecule is CC(C)Oc1ccccc1CNCc1ccc(F)c(F)c1. The average Bonchev–Trinajstić information content (AvgIpc) is 2.44. The van der Waals surface area contributed by atoms with E-state index in [0.717, 1.165) is 17.4 Å². The van der Waals surface area contributed by atoms with Crippen molar-refractivity contribution in [2.45, 2.75) is 33.0 Å². The minimum atomic E-state index is -0.825. The van der Waals surface area contributed by atoms with Crippen LogP contribution in [0.2, 0.25) is 0 Å². The topological polar surface area (TPSA) is 21.3 Å². The quantitative estimate of drug-likeness (QED) is 0.867. The van der Waals surface area contributed by atoms with Crippen molar-refractivity contribution in [3.05, 3.63) is 65.2 Å². The molecule has 0 saturated heterocycles.